The summed E-state index contributed by atoms with van der Waals surface area (Å²) in [6, 6.07) is 7.58. The fraction of sp³-hybridized carbons (Fsp3) is 0.0769. The lowest BCUT2D eigenvalue weighted by atomic mass is 10.2. The van der Waals surface area contributed by atoms with Crippen LogP contribution >= 0.6 is 34.8 Å². The number of fused-ring (bicyclic) bond motifs is 2. The third-order valence-corrected chi connectivity index (χ3v) is 6.01. The van der Waals surface area contributed by atoms with E-state index in [9.17, 15) is 8.42 Å². The molecule has 0 atom stereocenters. The number of halogens is 3. The molecule has 2 aromatic carbocycles. The zero-order chi connectivity index (χ0) is 14.7. The molecule has 0 saturated heterocycles. The molecule has 1 aliphatic rings. The van der Waals surface area contributed by atoms with Gasteiger partial charge in [0.15, 0.2) is 0 Å². The highest BCUT2D eigenvalue weighted by atomic mass is 35.5. The molecule has 0 bridgehead atoms. The van der Waals surface area contributed by atoms with Crippen LogP contribution in [0.2, 0.25) is 15.1 Å². The van der Waals surface area contributed by atoms with Crippen LogP contribution in [0, 0.1) is 0 Å². The molecule has 1 aliphatic heterocycles. The van der Waals surface area contributed by atoms with Crippen LogP contribution in [0.1, 0.15) is 0 Å². The van der Waals surface area contributed by atoms with Crippen molar-refractivity contribution in [1.82, 2.24) is 0 Å². The largest absolute Gasteiger partial charge is 0.342 e. The van der Waals surface area contributed by atoms with Gasteiger partial charge >= 0.3 is 0 Å². The van der Waals surface area contributed by atoms with Gasteiger partial charge in [0, 0.05) is 12.1 Å². The van der Waals surface area contributed by atoms with E-state index in [1.807, 2.05) is 0 Å². The summed E-state index contributed by atoms with van der Waals surface area (Å²) >= 11 is 17.9. The van der Waals surface area contributed by atoms with Crippen molar-refractivity contribution in [3.05, 3.63) is 45.4 Å². The number of rotatable bonds is 0. The molecule has 3 nitrogen and oxygen atoms in total. The highest BCUT2D eigenvalue weighted by molar-refractivity contribution is 7.92. The third-order valence-electron chi connectivity index (χ3n) is 3.22. The Hall–Kier alpha value is -0.940. The van der Waals surface area contributed by atoms with Crippen molar-refractivity contribution < 1.29 is 8.42 Å². The van der Waals surface area contributed by atoms with Crippen LogP contribution in [0.4, 0.5) is 11.4 Å². The van der Waals surface area contributed by atoms with Gasteiger partial charge in [0.25, 0.3) is 0 Å². The zero-order valence-corrected chi connectivity index (χ0v) is 13.3. The van der Waals surface area contributed by atoms with Gasteiger partial charge in [-0.25, -0.2) is 8.42 Å². The molecule has 104 valence electrons. The van der Waals surface area contributed by atoms with Gasteiger partial charge < -0.3 is 4.90 Å². The SMILES string of the molecule is CN1c2cc(Cl)ccc2S(=O)(=O)c2cc(Cl)c(Cl)cc21. The number of benzene rings is 2. The Balaban J connectivity index is 2.40. The summed E-state index contributed by atoms with van der Waals surface area (Å²) in [5.41, 5.74) is 0.998. The maximum atomic E-state index is 12.6. The van der Waals surface area contributed by atoms with Gasteiger partial charge in [-0.05, 0) is 30.3 Å². The quantitative estimate of drug-likeness (QED) is 0.700. The summed E-state index contributed by atoms with van der Waals surface area (Å²) in [6.45, 7) is 0. The van der Waals surface area contributed by atoms with Crippen LogP contribution in [0.3, 0.4) is 0 Å². The molecule has 0 radical (unpaired) electrons. The second-order valence-electron chi connectivity index (χ2n) is 4.41. The number of sulfone groups is 1. The van der Waals surface area contributed by atoms with E-state index in [4.69, 9.17) is 34.8 Å². The maximum Gasteiger partial charge on any atom is 0.210 e. The van der Waals surface area contributed by atoms with Crippen molar-refractivity contribution in [2.75, 3.05) is 11.9 Å². The Morgan fingerprint density at radius 2 is 1.50 bits per heavy atom. The summed E-state index contributed by atoms with van der Waals surface area (Å²) in [4.78, 5) is 2.08. The van der Waals surface area contributed by atoms with Crippen molar-refractivity contribution in [2.24, 2.45) is 0 Å². The molecular formula is C13H8Cl3NO2S. The Bertz CT molecular complexity index is 834. The normalized spacial score (nSPS) is 15.7. The number of anilines is 2. The second-order valence-corrected chi connectivity index (χ2v) is 7.55. The van der Waals surface area contributed by atoms with Crippen molar-refractivity contribution in [1.29, 1.82) is 0 Å². The Morgan fingerprint density at radius 1 is 0.900 bits per heavy atom. The molecule has 2 aromatic rings. The Labute approximate surface area is 131 Å². The summed E-state index contributed by atoms with van der Waals surface area (Å²) in [6.07, 6.45) is 0. The molecule has 0 saturated carbocycles. The summed E-state index contributed by atoms with van der Waals surface area (Å²) in [5, 5.41) is 0.979. The molecule has 3 rings (SSSR count). The van der Waals surface area contributed by atoms with Crippen LogP contribution in [-0.2, 0) is 9.84 Å². The molecule has 7 heteroatoms. The van der Waals surface area contributed by atoms with Gasteiger partial charge in [-0.15, -0.1) is 0 Å². The average molecular weight is 349 g/mol. The smallest absolute Gasteiger partial charge is 0.210 e. The summed E-state index contributed by atoms with van der Waals surface area (Å²) in [7, 11) is -1.88. The maximum absolute atomic E-state index is 12.6. The van der Waals surface area contributed by atoms with Gasteiger partial charge in [0.2, 0.25) is 9.84 Å². The van der Waals surface area contributed by atoms with E-state index in [0.717, 1.165) is 0 Å². The molecule has 0 N–H and O–H groups in total. The van der Waals surface area contributed by atoms with E-state index in [1.54, 1.807) is 30.1 Å². The molecule has 0 spiro atoms. The van der Waals surface area contributed by atoms with Crippen LogP contribution < -0.4 is 4.90 Å². The zero-order valence-electron chi connectivity index (χ0n) is 10.2. The minimum Gasteiger partial charge on any atom is -0.342 e. The predicted molar refractivity (Wildman–Crippen MR) is 81.4 cm³/mol. The highest BCUT2D eigenvalue weighted by Gasteiger charge is 2.33. The van der Waals surface area contributed by atoms with Gasteiger partial charge in [-0.3, -0.25) is 0 Å². The van der Waals surface area contributed by atoms with Crippen LogP contribution in [-0.4, -0.2) is 15.5 Å². The Morgan fingerprint density at radius 3 is 2.20 bits per heavy atom. The van der Waals surface area contributed by atoms with E-state index >= 15 is 0 Å². The highest BCUT2D eigenvalue weighted by Crippen LogP contribution is 2.46. The molecule has 0 fully saturated rings. The van der Waals surface area contributed by atoms with Crippen LogP contribution in [0.25, 0.3) is 0 Å². The van der Waals surface area contributed by atoms with Gasteiger partial charge in [0.1, 0.15) is 0 Å². The first-order valence-electron chi connectivity index (χ1n) is 5.60. The predicted octanol–water partition coefficient (Wildman–Crippen LogP) is 4.56. The fourth-order valence-electron chi connectivity index (χ4n) is 2.22. The number of hydrogen-bond donors (Lipinski definition) is 0. The molecular weight excluding hydrogens is 341 g/mol. The van der Waals surface area contributed by atoms with Gasteiger partial charge in [-0.1, -0.05) is 34.8 Å². The topological polar surface area (TPSA) is 37.4 Å². The van der Waals surface area contributed by atoms with E-state index in [1.165, 1.54) is 12.1 Å². The van der Waals surface area contributed by atoms with Crippen molar-refractivity contribution in [3.63, 3.8) is 0 Å². The average Bonchev–Trinajstić information content (AvgIpc) is 2.38. The van der Waals surface area contributed by atoms with E-state index in [0.29, 0.717) is 21.4 Å². The lowest BCUT2D eigenvalue weighted by Gasteiger charge is -2.30. The minimum absolute atomic E-state index is 0.143. The van der Waals surface area contributed by atoms with Gasteiger partial charge in [-0.2, -0.15) is 0 Å². The summed E-state index contributed by atoms with van der Waals surface area (Å²) in [5.74, 6) is 0. The van der Waals surface area contributed by atoms with Crippen LogP contribution in [0.5, 0.6) is 0 Å². The molecule has 1 heterocycles. The second kappa shape index (κ2) is 4.53. The number of nitrogens with zero attached hydrogens (tertiary/aromatic N) is 1. The Kier molecular flexibility index (Phi) is 3.18. The minimum atomic E-state index is -3.63. The summed E-state index contributed by atoms with van der Waals surface area (Å²) < 4.78 is 25.3. The van der Waals surface area contributed by atoms with Crippen molar-refractivity contribution in [2.45, 2.75) is 9.79 Å². The molecule has 20 heavy (non-hydrogen) atoms. The lowest BCUT2D eigenvalue weighted by Crippen LogP contribution is -2.22. The van der Waals surface area contributed by atoms with E-state index in [-0.39, 0.29) is 14.8 Å². The molecule has 0 unspecified atom stereocenters. The number of hydrogen-bond acceptors (Lipinski definition) is 3. The molecule has 0 aromatic heterocycles. The monoisotopic (exact) mass is 347 g/mol. The molecule has 0 aliphatic carbocycles. The van der Waals surface area contributed by atoms with Crippen molar-refractivity contribution in [3.8, 4) is 0 Å². The first-order valence-corrected chi connectivity index (χ1v) is 8.21. The standard InChI is InChI=1S/C13H8Cl3NO2S/c1-17-10-4-7(14)2-3-12(10)20(18,19)13-6-9(16)8(15)5-11(13)17/h2-6H,1H3. The van der Waals surface area contributed by atoms with E-state index in [2.05, 4.69) is 0 Å². The van der Waals surface area contributed by atoms with Crippen LogP contribution in [0.15, 0.2) is 40.1 Å². The third kappa shape index (κ3) is 1.91. The van der Waals surface area contributed by atoms with Crippen molar-refractivity contribution >= 4 is 56.0 Å². The first-order chi connectivity index (χ1) is 9.32. The van der Waals surface area contributed by atoms with Gasteiger partial charge in [0.05, 0.1) is 31.2 Å². The fourth-order valence-corrected chi connectivity index (χ4v) is 4.48. The van der Waals surface area contributed by atoms with E-state index < -0.39 is 9.84 Å². The molecule has 0 amide bonds. The first kappa shape index (κ1) is 14.0. The lowest BCUT2D eigenvalue weighted by molar-refractivity contribution is 0.594.